The molecule has 1 aliphatic carbocycles. The van der Waals surface area contributed by atoms with Crippen molar-refractivity contribution in [2.75, 3.05) is 19.5 Å². The Morgan fingerprint density at radius 3 is 2.62 bits per heavy atom. The maximum Gasteiger partial charge on any atom is 0.224 e. The molecule has 4 heteroatoms. The van der Waals surface area contributed by atoms with Crippen LogP contribution < -0.4 is 14.8 Å². The highest BCUT2D eigenvalue weighted by Gasteiger charge is 2.15. The van der Waals surface area contributed by atoms with Crippen molar-refractivity contribution in [3.8, 4) is 11.5 Å². The van der Waals surface area contributed by atoms with Crippen molar-refractivity contribution >= 4 is 11.6 Å². The zero-order valence-corrected chi connectivity index (χ0v) is 13.0. The van der Waals surface area contributed by atoms with Crippen LogP contribution in [0.2, 0.25) is 0 Å². The molecule has 2 rings (SSSR count). The third-order valence-electron chi connectivity index (χ3n) is 4.19. The summed E-state index contributed by atoms with van der Waals surface area (Å²) in [4.78, 5) is 12.1. The van der Waals surface area contributed by atoms with Crippen LogP contribution in [-0.2, 0) is 4.79 Å². The van der Waals surface area contributed by atoms with Crippen molar-refractivity contribution in [1.82, 2.24) is 0 Å². The van der Waals surface area contributed by atoms with Crippen LogP contribution in [-0.4, -0.2) is 20.1 Å². The summed E-state index contributed by atoms with van der Waals surface area (Å²) in [6.07, 6.45) is 8.12. The summed E-state index contributed by atoms with van der Waals surface area (Å²) >= 11 is 0. The normalized spacial score (nSPS) is 15.5. The number of nitrogens with one attached hydrogen (secondary N) is 1. The highest BCUT2D eigenvalue weighted by atomic mass is 16.5. The zero-order valence-electron chi connectivity index (χ0n) is 13.0. The van der Waals surface area contributed by atoms with E-state index < -0.39 is 0 Å². The van der Waals surface area contributed by atoms with Gasteiger partial charge in [0.05, 0.1) is 19.9 Å². The molecule has 0 atom stereocenters. The van der Waals surface area contributed by atoms with Gasteiger partial charge in [-0.05, 0) is 24.5 Å². The molecule has 0 spiro atoms. The SMILES string of the molecule is COc1ccc(NC(=O)CCC2CCCCC2)c(OC)c1. The molecule has 1 saturated carbocycles. The van der Waals surface area contributed by atoms with Crippen molar-refractivity contribution in [2.45, 2.75) is 44.9 Å². The first-order valence-electron chi connectivity index (χ1n) is 7.75. The van der Waals surface area contributed by atoms with Crippen LogP contribution >= 0.6 is 0 Å². The second-order valence-electron chi connectivity index (χ2n) is 5.66. The summed E-state index contributed by atoms with van der Waals surface area (Å²) in [7, 11) is 3.20. The molecule has 1 N–H and O–H groups in total. The second-order valence-corrected chi connectivity index (χ2v) is 5.66. The molecule has 0 bridgehead atoms. The van der Waals surface area contributed by atoms with Crippen molar-refractivity contribution in [3.63, 3.8) is 0 Å². The maximum absolute atomic E-state index is 12.1. The molecular weight excluding hydrogens is 266 g/mol. The minimum absolute atomic E-state index is 0.0593. The number of hydrogen-bond acceptors (Lipinski definition) is 3. The van der Waals surface area contributed by atoms with Crippen LogP contribution in [0.25, 0.3) is 0 Å². The van der Waals surface area contributed by atoms with E-state index in [4.69, 9.17) is 9.47 Å². The van der Waals surface area contributed by atoms with Gasteiger partial charge in [-0.15, -0.1) is 0 Å². The number of carbonyl (C=O) groups is 1. The summed E-state index contributed by atoms with van der Waals surface area (Å²) in [6.45, 7) is 0. The average Bonchev–Trinajstić information content (AvgIpc) is 2.54. The first-order valence-corrected chi connectivity index (χ1v) is 7.75. The van der Waals surface area contributed by atoms with E-state index in [-0.39, 0.29) is 5.91 Å². The summed E-state index contributed by atoms with van der Waals surface area (Å²) < 4.78 is 10.4. The van der Waals surface area contributed by atoms with Gasteiger partial charge in [-0.25, -0.2) is 0 Å². The van der Waals surface area contributed by atoms with Gasteiger partial charge in [-0.2, -0.15) is 0 Å². The molecule has 0 unspecified atom stereocenters. The predicted octanol–water partition coefficient (Wildman–Crippen LogP) is 4.00. The number of amides is 1. The van der Waals surface area contributed by atoms with Crippen LogP contribution in [0.4, 0.5) is 5.69 Å². The molecule has 0 saturated heterocycles. The molecule has 0 heterocycles. The standard InChI is InChI=1S/C17H25NO3/c1-20-14-9-10-15(16(12-14)21-2)18-17(19)11-8-13-6-4-3-5-7-13/h9-10,12-13H,3-8,11H2,1-2H3,(H,18,19). The van der Waals surface area contributed by atoms with Gasteiger partial charge < -0.3 is 14.8 Å². The Hall–Kier alpha value is -1.71. The molecule has 1 amide bonds. The Labute approximate surface area is 126 Å². The van der Waals surface area contributed by atoms with Crippen molar-refractivity contribution in [1.29, 1.82) is 0 Å². The van der Waals surface area contributed by atoms with Gasteiger partial charge in [0.15, 0.2) is 0 Å². The third kappa shape index (κ3) is 4.66. The molecule has 1 aromatic carbocycles. The highest BCUT2D eigenvalue weighted by molar-refractivity contribution is 5.92. The molecule has 4 nitrogen and oxygen atoms in total. The Morgan fingerprint density at radius 2 is 1.95 bits per heavy atom. The summed E-state index contributed by atoms with van der Waals surface area (Å²) in [6, 6.07) is 5.41. The minimum atomic E-state index is 0.0593. The molecule has 116 valence electrons. The second kappa shape index (κ2) is 7.91. The van der Waals surface area contributed by atoms with Gasteiger partial charge in [-0.3, -0.25) is 4.79 Å². The molecular formula is C17H25NO3. The fourth-order valence-corrected chi connectivity index (χ4v) is 2.93. The molecule has 1 aromatic rings. The molecule has 0 radical (unpaired) electrons. The third-order valence-corrected chi connectivity index (χ3v) is 4.19. The number of carbonyl (C=O) groups excluding carboxylic acids is 1. The quantitative estimate of drug-likeness (QED) is 0.861. The number of ether oxygens (including phenoxy) is 2. The van der Waals surface area contributed by atoms with E-state index in [9.17, 15) is 4.79 Å². The molecule has 1 aliphatic rings. The lowest BCUT2D eigenvalue weighted by Crippen LogP contribution is -2.15. The Balaban J connectivity index is 1.86. The Morgan fingerprint density at radius 1 is 1.19 bits per heavy atom. The van der Waals surface area contributed by atoms with E-state index in [1.54, 1.807) is 20.3 Å². The number of anilines is 1. The van der Waals surface area contributed by atoms with Gasteiger partial charge in [0.1, 0.15) is 11.5 Å². The number of rotatable bonds is 6. The molecule has 1 fully saturated rings. The minimum Gasteiger partial charge on any atom is -0.497 e. The van der Waals surface area contributed by atoms with E-state index in [0.717, 1.165) is 12.3 Å². The summed E-state index contributed by atoms with van der Waals surface area (Å²) in [5.74, 6) is 2.12. The van der Waals surface area contributed by atoms with E-state index in [2.05, 4.69) is 5.32 Å². The zero-order chi connectivity index (χ0) is 15.1. The van der Waals surface area contributed by atoms with Crippen molar-refractivity contribution < 1.29 is 14.3 Å². The Kier molecular flexibility index (Phi) is 5.90. The van der Waals surface area contributed by atoms with Gasteiger partial charge in [0.2, 0.25) is 5.91 Å². The lowest BCUT2D eigenvalue weighted by molar-refractivity contribution is -0.116. The first-order chi connectivity index (χ1) is 10.2. The van der Waals surface area contributed by atoms with Gasteiger partial charge in [0.25, 0.3) is 0 Å². The van der Waals surface area contributed by atoms with Crippen LogP contribution in [0, 0.1) is 5.92 Å². The van der Waals surface area contributed by atoms with E-state index in [0.29, 0.717) is 23.6 Å². The lowest BCUT2D eigenvalue weighted by Gasteiger charge is -2.21. The van der Waals surface area contributed by atoms with E-state index in [1.165, 1.54) is 32.1 Å². The number of benzene rings is 1. The first kappa shape index (κ1) is 15.7. The number of methoxy groups -OCH3 is 2. The fourth-order valence-electron chi connectivity index (χ4n) is 2.93. The fraction of sp³-hybridized carbons (Fsp3) is 0.588. The van der Waals surface area contributed by atoms with Crippen LogP contribution in [0.1, 0.15) is 44.9 Å². The molecule has 21 heavy (non-hydrogen) atoms. The maximum atomic E-state index is 12.1. The molecule has 0 aromatic heterocycles. The van der Waals surface area contributed by atoms with Crippen molar-refractivity contribution in [3.05, 3.63) is 18.2 Å². The van der Waals surface area contributed by atoms with Gasteiger partial charge >= 0.3 is 0 Å². The predicted molar refractivity (Wildman–Crippen MR) is 84.0 cm³/mol. The van der Waals surface area contributed by atoms with Gasteiger partial charge in [-0.1, -0.05) is 32.1 Å². The average molecular weight is 291 g/mol. The monoisotopic (exact) mass is 291 g/mol. The topological polar surface area (TPSA) is 47.6 Å². The Bertz CT molecular complexity index is 467. The van der Waals surface area contributed by atoms with E-state index in [1.807, 2.05) is 12.1 Å². The summed E-state index contributed by atoms with van der Waals surface area (Å²) in [5.41, 5.74) is 0.701. The lowest BCUT2D eigenvalue weighted by atomic mass is 9.86. The number of hydrogen-bond donors (Lipinski definition) is 1. The van der Waals surface area contributed by atoms with Crippen LogP contribution in [0.5, 0.6) is 11.5 Å². The summed E-state index contributed by atoms with van der Waals surface area (Å²) in [5, 5.41) is 2.93. The molecule has 0 aliphatic heterocycles. The smallest absolute Gasteiger partial charge is 0.224 e. The van der Waals surface area contributed by atoms with Crippen LogP contribution in [0.15, 0.2) is 18.2 Å². The van der Waals surface area contributed by atoms with Crippen molar-refractivity contribution in [2.24, 2.45) is 5.92 Å². The van der Waals surface area contributed by atoms with Gasteiger partial charge in [0, 0.05) is 12.5 Å². The highest BCUT2D eigenvalue weighted by Crippen LogP contribution is 2.30. The largest absolute Gasteiger partial charge is 0.497 e. The van der Waals surface area contributed by atoms with Crippen LogP contribution in [0.3, 0.4) is 0 Å². The van der Waals surface area contributed by atoms with E-state index >= 15 is 0 Å².